The molecule has 0 saturated heterocycles. The highest BCUT2D eigenvalue weighted by atomic mass is 35.5. The van der Waals surface area contributed by atoms with Crippen LogP contribution in [0.5, 0.6) is 0 Å². The first kappa shape index (κ1) is 18.5. The van der Waals surface area contributed by atoms with Gasteiger partial charge >= 0.3 is 0 Å². The quantitative estimate of drug-likeness (QED) is 0.493. The van der Waals surface area contributed by atoms with Crippen LogP contribution in [0.1, 0.15) is 35.9 Å². The van der Waals surface area contributed by atoms with Crippen LogP contribution < -0.4 is 5.32 Å². The van der Waals surface area contributed by atoms with Crippen molar-refractivity contribution in [3.63, 3.8) is 0 Å². The maximum atomic E-state index is 12.0. The fourth-order valence-corrected chi connectivity index (χ4v) is 3.80. The number of carbonyl (C=O) groups excluding carboxylic acids is 1. The van der Waals surface area contributed by atoms with Crippen LogP contribution in [0.2, 0.25) is 0 Å². The predicted octanol–water partition coefficient (Wildman–Crippen LogP) is 3.94. The van der Waals surface area contributed by atoms with Crippen molar-refractivity contribution in [1.29, 1.82) is 0 Å². The van der Waals surface area contributed by atoms with E-state index in [9.17, 15) is 4.79 Å². The van der Waals surface area contributed by atoms with E-state index in [4.69, 9.17) is 11.6 Å². The van der Waals surface area contributed by atoms with Gasteiger partial charge in [0.05, 0.1) is 6.54 Å². The minimum atomic E-state index is -0.00469. The van der Waals surface area contributed by atoms with Gasteiger partial charge in [-0.25, -0.2) is 4.98 Å². The normalized spacial score (nSPS) is 14.1. The number of nitrogens with zero attached hydrogens (tertiary/aromatic N) is 6. The largest absolute Gasteiger partial charge is 0.339 e. The van der Waals surface area contributed by atoms with Gasteiger partial charge in [-0.2, -0.15) is 4.52 Å². The molecule has 30 heavy (non-hydrogen) atoms. The van der Waals surface area contributed by atoms with E-state index in [1.807, 2.05) is 41.1 Å². The number of carbonyl (C=O) groups is 1. The molecule has 0 amide bonds. The Balaban J connectivity index is 1.51. The first-order valence-electron chi connectivity index (χ1n) is 9.58. The lowest BCUT2D eigenvalue weighted by atomic mass is 10.1. The summed E-state index contributed by atoms with van der Waals surface area (Å²) in [6.07, 6.45) is 9.26. The number of hydrogen-bond acceptors (Lipinski definition) is 6. The topological polar surface area (TPSA) is 90.0 Å². The molecular formula is C21H18ClN7O. The smallest absolute Gasteiger partial charge is 0.178 e. The number of halogens is 1. The molecule has 4 aromatic heterocycles. The lowest BCUT2D eigenvalue weighted by molar-refractivity contribution is 0.101. The number of allylic oxidation sites excluding steroid dienone is 3. The number of anilines is 1. The van der Waals surface area contributed by atoms with E-state index in [1.54, 1.807) is 17.6 Å². The summed E-state index contributed by atoms with van der Waals surface area (Å²) in [5.74, 6) is 1.30. The molecule has 4 aromatic rings. The molecule has 5 rings (SSSR count). The number of fused-ring (bicyclic) bond motifs is 2. The summed E-state index contributed by atoms with van der Waals surface area (Å²) >= 11 is 6.14. The van der Waals surface area contributed by atoms with E-state index in [1.165, 1.54) is 0 Å². The number of Topliss-reactive ketones (excluding diaryl/α,β-unsaturated/α-hetero) is 1. The highest BCUT2D eigenvalue weighted by molar-refractivity contribution is 6.29. The van der Waals surface area contributed by atoms with Gasteiger partial charge in [0.2, 0.25) is 0 Å². The van der Waals surface area contributed by atoms with Gasteiger partial charge in [-0.15, -0.1) is 15.3 Å². The third-order valence-electron chi connectivity index (χ3n) is 4.98. The van der Waals surface area contributed by atoms with Gasteiger partial charge in [-0.05, 0) is 50.1 Å². The average Bonchev–Trinajstić information content (AvgIpc) is 3.30. The van der Waals surface area contributed by atoms with Gasteiger partial charge in [-0.1, -0.05) is 17.7 Å². The molecule has 4 heterocycles. The van der Waals surface area contributed by atoms with Crippen molar-refractivity contribution in [2.24, 2.45) is 0 Å². The van der Waals surface area contributed by atoms with E-state index in [-0.39, 0.29) is 5.78 Å². The molecule has 1 aliphatic carbocycles. The predicted molar refractivity (Wildman–Crippen MR) is 114 cm³/mol. The molecule has 0 bridgehead atoms. The molecule has 150 valence electrons. The van der Waals surface area contributed by atoms with Crippen LogP contribution >= 0.6 is 11.6 Å². The first-order chi connectivity index (χ1) is 14.6. The van der Waals surface area contributed by atoms with Gasteiger partial charge in [0.1, 0.15) is 5.65 Å². The van der Waals surface area contributed by atoms with Crippen LogP contribution in [0.3, 0.4) is 0 Å². The maximum Gasteiger partial charge on any atom is 0.178 e. The summed E-state index contributed by atoms with van der Waals surface area (Å²) in [7, 11) is 0. The Morgan fingerprint density at radius 2 is 2.17 bits per heavy atom. The van der Waals surface area contributed by atoms with Crippen molar-refractivity contribution in [3.8, 4) is 0 Å². The number of hydrogen-bond donors (Lipinski definition) is 1. The number of pyridine rings is 1. The highest BCUT2D eigenvalue weighted by Crippen LogP contribution is 2.23. The van der Waals surface area contributed by atoms with E-state index >= 15 is 0 Å². The molecule has 0 atom stereocenters. The number of aromatic nitrogens is 6. The molecule has 9 heteroatoms. The molecule has 1 aliphatic rings. The third-order valence-corrected chi connectivity index (χ3v) is 5.28. The van der Waals surface area contributed by atoms with Crippen LogP contribution in [0.25, 0.3) is 16.7 Å². The molecule has 1 N–H and O–H groups in total. The van der Waals surface area contributed by atoms with Crippen LogP contribution in [0, 0.1) is 0 Å². The zero-order chi connectivity index (χ0) is 20.7. The van der Waals surface area contributed by atoms with Crippen LogP contribution in [-0.4, -0.2) is 35.1 Å². The summed E-state index contributed by atoms with van der Waals surface area (Å²) in [6.45, 7) is 1.94. The number of rotatable bonds is 5. The Kier molecular flexibility index (Phi) is 4.55. The van der Waals surface area contributed by atoms with Crippen LogP contribution in [-0.2, 0) is 6.54 Å². The van der Waals surface area contributed by atoms with E-state index in [0.29, 0.717) is 29.4 Å². The summed E-state index contributed by atoms with van der Waals surface area (Å²) in [5.41, 5.74) is 2.91. The van der Waals surface area contributed by atoms with E-state index in [2.05, 4.69) is 31.7 Å². The lowest BCUT2D eigenvalue weighted by Crippen LogP contribution is -2.08. The van der Waals surface area contributed by atoms with E-state index < -0.39 is 0 Å². The molecule has 0 fully saturated rings. The highest BCUT2D eigenvalue weighted by Gasteiger charge is 2.16. The van der Waals surface area contributed by atoms with Gasteiger partial charge < -0.3 is 9.88 Å². The zero-order valence-corrected chi connectivity index (χ0v) is 17.0. The van der Waals surface area contributed by atoms with Gasteiger partial charge in [0.25, 0.3) is 0 Å². The van der Waals surface area contributed by atoms with Crippen molar-refractivity contribution in [3.05, 3.63) is 70.9 Å². The SMILES string of the molecule is CC(=O)c1cn(Cc2nnc3ccc(NC4=CCCC(Cl)=C4)nn23)c2ncccc12. The van der Waals surface area contributed by atoms with Crippen molar-refractivity contribution in [1.82, 2.24) is 29.4 Å². The fourth-order valence-electron chi connectivity index (χ4n) is 3.57. The minimum Gasteiger partial charge on any atom is -0.339 e. The van der Waals surface area contributed by atoms with Crippen LogP contribution in [0.15, 0.2) is 59.5 Å². The Morgan fingerprint density at radius 3 is 3.00 bits per heavy atom. The first-order valence-corrected chi connectivity index (χ1v) is 9.96. The standard InChI is InChI=1S/C21H18ClN7O/c1-13(30)17-11-28(21-16(17)6-3-9-23-21)12-20-26-25-19-8-7-18(27-29(19)20)24-15-5-2-4-14(22)10-15/h3,5-11H,2,4,12H2,1H3,(H,24,27). The Morgan fingerprint density at radius 1 is 1.27 bits per heavy atom. The molecule has 8 nitrogen and oxygen atoms in total. The molecule has 0 aromatic carbocycles. The molecule has 0 saturated carbocycles. The Labute approximate surface area is 176 Å². The summed E-state index contributed by atoms with van der Waals surface area (Å²) in [4.78, 5) is 16.5. The van der Waals surface area contributed by atoms with Gasteiger partial charge in [-0.3, -0.25) is 4.79 Å². The Bertz CT molecular complexity index is 1350. The molecule has 0 aliphatic heterocycles. The second-order valence-electron chi connectivity index (χ2n) is 7.12. The number of nitrogens with one attached hydrogen (secondary N) is 1. The van der Waals surface area contributed by atoms with E-state index in [0.717, 1.165) is 34.6 Å². The molecule has 0 spiro atoms. The maximum absolute atomic E-state index is 12.0. The number of ketones is 1. The van der Waals surface area contributed by atoms with Crippen LogP contribution in [0.4, 0.5) is 5.82 Å². The average molecular weight is 420 g/mol. The third kappa shape index (κ3) is 3.35. The van der Waals surface area contributed by atoms with Gasteiger partial charge in [0.15, 0.2) is 23.1 Å². The fraction of sp³-hybridized carbons (Fsp3) is 0.190. The van der Waals surface area contributed by atoms with Crippen molar-refractivity contribution in [2.45, 2.75) is 26.3 Å². The Hall–Kier alpha value is -3.52. The monoisotopic (exact) mass is 419 g/mol. The lowest BCUT2D eigenvalue weighted by Gasteiger charge is -2.11. The zero-order valence-electron chi connectivity index (χ0n) is 16.2. The summed E-state index contributed by atoms with van der Waals surface area (Å²) in [6, 6.07) is 7.43. The molecular weight excluding hydrogens is 402 g/mol. The minimum absolute atomic E-state index is 0.00469. The van der Waals surface area contributed by atoms with Crippen molar-refractivity contribution in [2.75, 3.05) is 5.32 Å². The van der Waals surface area contributed by atoms with Crippen molar-refractivity contribution >= 4 is 39.9 Å². The molecule has 0 unspecified atom stereocenters. The summed E-state index contributed by atoms with van der Waals surface area (Å²) in [5, 5.41) is 18.1. The second kappa shape index (κ2) is 7.38. The van der Waals surface area contributed by atoms with Crippen molar-refractivity contribution < 1.29 is 4.79 Å². The van der Waals surface area contributed by atoms with Gasteiger partial charge in [0, 0.05) is 34.1 Å². The second-order valence-corrected chi connectivity index (χ2v) is 7.61. The molecule has 0 radical (unpaired) electrons. The summed E-state index contributed by atoms with van der Waals surface area (Å²) < 4.78 is 3.59.